The topological polar surface area (TPSA) is 26.3 Å². The quantitative estimate of drug-likeness (QED) is 0.380. The number of hydrogen-bond acceptors (Lipinski definition) is 2. The Bertz CT molecular complexity index is 221. The lowest BCUT2D eigenvalue weighted by Gasteiger charge is -2.19. The number of allylic oxidation sites excluding steroid dienone is 3. The van der Waals surface area contributed by atoms with Crippen molar-refractivity contribution in [2.45, 2.75) is 52.1 Å². The summed E-state index contributed by atoms with van der Waals surface area (Å²) < 4.78 is 5.19. The fourth-order valence-electron chi connectivity index (χ4n) is 1.07. The molecule has 0 aliphatic heterocycles. The number of unbranched alkanes of at least 4 members (excludes halogenated alkanes) is 1. The SMILES string of the molecule is C=CC/C=C\CCCC(=O)OC(C)(C)C. The Balaban J connectivity index is 3.51. The highest BCUT2D eigenvalue weighted by atomic mass is 16.6. The van der Waals surface area contributed by atoms with E-state index in [1.807, 2.05) is 26.8 Å². The van der Waals surface area contributed by atoms with E-state index in [9.17, 15) is 4.79 Å². The van der Waals surface area contributed by atoms with Gasteiger partial charge < -0.3 is 4.74 Å². The van der Waals surface area contributed by atoms with E-state index in [0.29, 0.717) is 6.42 Å². The van der Waals surface area contributed by atoms with Crippen molar-refractivity contribution in [1.29, 1.82) is 0 Å². The van der Waals surface area contributed by atoms with Crippen LogP contribution < -0.4 is 0 Å². The predicted octanol–water partition coefficient (Wildman–Crippen LogP) is 3.63. The first kappa shape index (κ1) is 13.9. The molecule has 0 N–H and O–H groups in total. The van der Waals surface area contributed by atoms with Crippen LogP contribution in [0.25, 0.3) is 0 Å². The van der Waals surface area contributed by atoms with Crippen LogP contribution >= 0.6 is 0 Å². The van der Waals surface area contributed by atoms with Gasteiger partial charge in [-0.1, -0.05) is 18.2 Å². The summed E-state index contributed by atoms with van der Waals surface area (Å²) in [5.74, 6) is -0.111. The average Bonchev–Trinajstić information content (AvgIpc) is 2.08. The third-order valence-electron chi connectivity index (χ3n) is 1.64. The Morgan fingerprint density at radius 1 is 1.33 bits per heavy atom. The van der Waals surface area contributed by atoms with Crippen LogP contribution in [0.5, 0.6) is 0 Å². The van der Waals surface area contributed by atoms with Gasteiger partial charge in [-0.05, 0) is 40.0 Å². The van der Waals surface area contributed by atoms with Crippen LogP contribution in [0.15, 0.2) is 24.8 Å². The number of ether oxygens (including phenoxy) is 1. The van der Waals surface area contributed by atoms with Gasteiger partial charge in [0.15, 0.2) is 0 Å². The fraction of sp³-hybridized carbons (Fsp3) is 0.615. The van der Waals surface area contributed by atoms with Gasteiger partial charge in [0.1, 0.15) is 5.60 Å². The average molecular weight is 210 g/mol. The van der Waals surface area contributed by atoms with Crippen LogP contribution in [-0.4, -0.2) is 11.6 Å². The van der Waals surface area contributed by atoms with Crippen LogP contribution in [0.2, 0.25) is 0 Å². The van der Waals surface area contributed by atoms with Crippen molar-refractivity contribution >= 4 is 5.97 Å². The van der Waals surface area contributed by atoms with E-state index in [1.165, 1.54) is 0 Å². The minimum absolute atomic E-state index is 0.111. The van der Waals surface area contributed by atoms with Gasteiger partial charge in [-0.3, -0.25) is 4.79 Å². The molecule has 0 heterocycles. The van der Waals surface area contributed by atoms with Gasteiger partial charge in [-0.15, -0.1) is 6.58 Å². The molecular weight excluding hydrogens is 188 g/mol. The van der Waals surface area contributed by atoms with Gasteiger partial charge in [0.2, 0.25) is 0 Å². The third kappa shape index (κ3) is 10.9. The van der Waals surface area contributed by atoms with Crippen molar-refractivity contribution in [3.05, 3.63) is 24.8 Å². The van der Waals surface area contributed by atoms with E-state index in [-0.39, 0.29) is 11.6 Å². The van der Waals surface area contributed by atoms with E-state index < -0.39 is 0 Å². The molecule has 0 fully saturated rings. The van der Waals surface area contributed by atoms with Crippen molar-refractivity contribution in [3.8, 4) is 0 Å². The van der Waals surface area contributed by atoms with Crippen LogP contribution in [0.1, 0.15) is 46.5 Å². The third-order valence-corrected chi connectivity index (χ3v) is 1.64. The molecule has 15 heavy (non-hydrogen) atoms. The molecule has 0 amide bonds. The van der Waals surface area contributed by atoms with Crippen LogP contribution in [0.3, 0.4) is 0 Å². The zero-order valence-corrected chi connectivity index (χ0v) is 10.1. The molecule has 0 unspecified atom stereocenters. The molecule has 2 nitrogen and oxygen atoms in total. The zero-order valence-electron chi connectivity index (χ0n) is 10.1. The summed E-state index contributed by atoms with van der Waals surface area (Å²) in [6.07, 6.45) is 9.15. The number of carbonyl (C=O) groups excluding carboxylic acids is 1. The lowest BCUT2D eigenvalue weighted by molar-refractivity contribution is -0.154. The predicted molar refractivity (Wildman–Crippen MR) is 63.7 cm³/mol. The first-order valence-electron chi connectivity index (χ1n) is 5.43. The minimum Gasteiger partial charge on any atom is -0.460 e. The zero-order chi connectivity index (χ0) is 11.7. The van der Waals surface area contributed by atoms with Crippen LogP contribution in [-0.2, 0) is 9.53 Å². The Morgan fingerprint density at radius 3 is 2.53 bits per heavy atom. The first-order chi connectivity index (χ1) is 6.95. The fourth-order valence-corrected chi connectivity index (χ4v) is 1.07. The molecule has 86 valence electrons. The van der Waals surface area contributed by atoms with E-state index in [1.54, 1.807) is 0 Å². The Kier molecular flexibility index (Phi) is 6.76. The maximum Gasteiger partial charge on any atom is 0.306 e. The summed E-state index contributed by atoms with van der Waals surface area (Å²) in [7, 11) is 0. The molecule has 0 aromatic carbocycles. The lowest BCUT2D eigenvalue weighted by atomic mass is 10.2. The van der Waals surface area contributed by atoms with Gasteiger partial charge >= 0.3 is 5.97 Å². The molecule has 0 aromatic heterocycles. The minimum atomic E-state index is -0.365. The van der Waals surface area contributed by atoms with Crippen molar-refractivity contribution in [3.63, 3.8) is 0 Å². The summed E-state index contributed by atoms with van der Waals surface area (Å²) in [4.78, 5) is 11.3. The highest BCUT2D eigenvalue weighted by molar-refractivity contribution is 5.69. The Morgan fingerprint density at radius 2 is 2.00 bits per heavy atom. The maximum absolute atomic E-state index is 11.3. The van der Waals surface area contributed by atoms with E-state index in [0.717, 1.165) is 19.3 Å². The molecule has 0 saturated heterocycles. The molecule has 0 atom stereocenters. The largest absolute Gasteiger partial charge is 0.460 e. The molecule has 0 saturated carbocycles. The molecule has 0 aliphatic rings. The Labute approximate surface area is 93.0 Å². The van der Waals surface area contributed by atoms with E-state index in [2.05, 4.69) is 18.7 Å². The van der Waals surface area contributed by atoms with E-state index in [4.69, 9.17) is 4.74 Å². The van der Waals surface area contributed by atoms with Gasteiger partial charge in [0, 0.05) is 6.42 Å². The monoisotopic (exact) mass is 210 g/mol. The number of hydrogen-bond donors (Lipinski definition) is 0. The molecule has 0 spiro atoms. The second-order valence-corrected chi connectivity index (χ2v) is 4.47. The molecule has 0 aliphatic carbocycles. The second kappa shape index (κ2) is 7.27. The summed E-state index contributed by atoms with van der Waals surface area (Å²) in [6, 6.07) is 0. The Hall–Kier alpha value is -1.05. The molecule has 0 radical (unpaired) electrons. The van der Waals surface area contributed by atoms with Crippen molar-refractivity contribution in [2.24, 2.45) is 0 Å². The highest BCUT2D eigenvalue weighted by Gasteiger charge is 2.15. The maximum atomic E-state index is 11.3. The summed E-state index contributed by atoms with van der Waals surface area (Å²) >= 11 is 0. The van der Waals surface area contributed by atoms with Crippen molar-refractivity contribution < 1.29 is 9.53 Å². The first-order valence-corrected chi connectivity index (χ1v) is 5.43. The van der Waals surface area contributed by atoms with Gasteiger partial charge in [-0.25, -0.2) is 0 Å². The number of esters is 1. The molecular formula is C13H22O2. The van der Waals surface area contributed by atoms with Gasteiger partial charge in [-0.2, -0.15) is 0 Å². The normalized spacial score (nSPS) is 11.7. The number of carbonyl (C=O) groups is 1. The lowest BCUT2D eigenvalue weighted by Crippen LogP contribution is -2.23. The smallest absolute Gasteiger partial charge is 0.306 e. The standard InChI is InChI=1S/C13H22O2/c1-5-6-7-8-9-10-11-12(14)15-13(2,3)4/h5,7-8H,1,6,9-11H2,2-4H3/b8-7-. The molecule has 0 aromatic rings. The van der Waals surface area contributed by atoms with Gasteiger partial charge in [0.05, 0.1) is 0 Å². The van der Waals surface area contributed by atoms with Crippen molar-refractivity contribution in [2.75, 3.05) is 0 Å². The molecule has 0 rings (SSSR count). The highest BCUT2D eigenvalue weighted by Crippen LogP contribution is 2.09. The second-order valence-electron chi connectivity index (χ2n) is 4.47. The number of rotatable bonds is 6. The van der Waals surface area contributed by atoms with E-state index >= 15 is 0 Å². The summed E-state index contributed by atoms with van der Waals surface area (Å²) in [6.45, 7) is 9.27. The van der Waals surface area contributed by atoms with Gasteiger partial charge in [0.25, 0.3) is 0 Å². The van der Waals surface area contributed by atoms with Crippen molar-refractivity contribution in [1.82, 2.24) is 0 Å². The van der Waals surface area contributed by atoms with Crippen LogP contribution in [0, 0.1) is 0 Å². The molecule has 0 bridgehead atoms. The summed E-state index contributed by atoms with van der Waals surface area (Å²) in [5, 5.41) is 0. The summed E-state index contributed by atoms with van der Waals surface area (Å²) in [5.41, 5.74) is -0.365. The van der Waals surface area contributed by atoms with Crippen LogP contribution in [0.4, 0.5) is 0 Å². The molecule has 2 heteroatoms.